The number of pyridine rings is 1. The first-order valence-corrected chi connectivity index (χ1v) is 7.83. The summed E-state index contributed by atoms with van der Waals surface area (Å²) in [6, 6.07) is 12.0. The fraction of sp³-hybridized carbons (Fsp3) is 0.214. The van der Waals surface area contributed by atoms with E-state index in [1.54, 1.807) is 42.6 Å². The number of hydrogen-bond donors (Lipinski definition) is 2. The van der Waals surface area contributed by atoms with Crippen LogP contribution in [0.3, 0.4) is 0 Å². The summed E-state index contributed by atoms with van der Waals surface area (Å²) in [6.07, 6.45) is 1.63. The molecule has 5 nitrogen and oxygen atoms in total. The van der Waals surface area contributed by atoms with E-state index in [0.717, 1.165) is 12.2 Å². The van der Waals surface area contributed by atoms with Gasteiger partial charge in [0, 0.05) is 18.4 Å². The van der Waals surface area contributed by atoms with Crippen molar-refractivity contribution in [2.24, 2.45) is 0 Å². The number of anilines is 1. The van der Waals surface area contributed by atoms with Gasteiger partial charge in [-0.05, 0) is 43.3 Å². The Labute approximate surface area is 119 Å². The Kier molecular flexibility index (Phi) is 4.70. The van der Waals surface area contributed by atoms with Crippen LogP contribution in [-0.2, 0) is 16.6 Å². The summed E-state index contributed by atoms with van der Waals surface area (Å²) in [7, 11) is -3.51. The molecule has 0 amide bonds. The Bertz CT molecular complexity index is 640. The highest BCUT2D eigenvalue weighted by molar-refractivity contribution is 7.89. The monoisotopic (exact) mass is 291 g/mol. The topological polar surface area (TPSA) is 71.1 Å². The van der Waals surface area contributed by atoms with Gasteiger partial charge in [0.2, 0.25) is 10.0 Å². The first kappa shape index (κ1) is 14.5. The highest BCUT2D eigenvalue weighted by Gasteiger charge is 2.13. The Morgan fingerprint density at radius 1 is 1.10 bits per heavy atom. The highest BCUT2D eigenvalue weighted by atomic mass is 32.2. The van der Waals surface area contributed by atoms with Crippen molar-refractivity contribution in [1.82, 2.24) is 9.71 Å². The summed E-state index contributed by atoms with van der Waals surface area (Å²) < 4.78 is 26.8. The molecule has 0 aliphatic heterocycles. The Hall–Kier alpha value is -1.92. The molecule has 0 bridgehead atoms. The maximum Gasteiger partial charge on any atom is 0.240 e. The van der Waals surface area contributed by atoms with Gasteiger partial charge in [-0.1, -0.05) is 6.07 Å². The molecule has 0 saturated heterocycles. The van der Waals surface area contributed by atoms with Gasteiger partial charge >= 0.3 is 0 Å². The van der Waals surface area contributed by atoms with E-state index >= 15 is 0 Å². The number of rotatable bonds is 6. The first-order chi connectivity index (χ1) is 9.62. The van der Waals surface area contributed by atoms with Gasteiger partial charge in [-0.25, -0.2) is 13.1 Å². The number of benzene rings is 1. The fourth-order valence-electron chi connectivity index (χ4n) is 1.71. The predicted octanol–water partition coefficient (Wildman–Crippen LogP) is 1.99. The minimum Gasteiger partial charge on any atom is -0.385 e. The van der Waals surface area contributed by atoms with Crippen molar-refractivity contribution < 1.29 is 8.42 Å². The van der Waals surface area contributed by atoms with Crippen LogP contribution in [-0.4, -0.2) is 19.9 Å². The van der Waals surface area contributed by atoms with Gasteiger partial charge in [-0.15, -0.1) is 0 Å². The molecule has 106 valence electrons. The molecule has 1 aromatic heterocycles. The van der Waals surface area contributed by atoms with Crippen LogP contribution in [0.15, 0.2) is 53.6 Å². The third-order valence-electron chi connectivity index (χ3n) is 2.71. The highest BCUT2D eigenvalue weighted by Crippen LogP contribution is 2.14. The lowest BCUT2D eigenvalue weighted by Gasteiger charge is -2.08. The molecule has 0 fully saturated rings. The van der Waals surface area contributed by atoms with Crippen molar-refractivity contribution in [3.8, 4) is 0 Å². The smallest absolute Gasteiger partial charge is 0.240 e. The Morgan fingerprint density at radius 3 is 2.45 bits per heavy atom. The van der Waals surface area contributed by atoms with Gasteiger partial charge in [0.25, 0.3) is 0 Å². The summed E-state index contributed by atoms with van der Waals surface area (Å²) in [6.45, 7) is 2.96. The zero-order valence-corrected chi connectivity index (χ0v) is 12.0. The summed E-state index contributed by atoms with van der Waals surface area (Å²) >= 11 is 0. The van der Waals surface area contributed by atoms with Crippen LogP contribution in [0.5, 0.6) is 0 Å². The van der Waals surface area contributed by atoms with Crippen LogP contribution in [0.25, 0.3) is 0 Å². The summed E-state index contributed by atoms with van der Waals surface area (Å²) in [4.78, 5) is 4.32. The van der Waals surface area contributed by atoms with Crippen molar-refractivity contribution in [1.29, 1.82) is 0 Å². The normalized spacial score (nSPS) is 11.2. The van der Waals surface area contributed by atoms with E-state index < -0.39 is 10.0 Å². The van der Waals surface area contributed by atoms with Gasteiger partial charge in [0.15, 0.2) is 0 Å². The molecule has 2 N–H and O–H groups in total. The molecule has 2 rings (SSSR count). The lowest BCUT2D eigenvalue weighted by atomic mass is 10.3. The molecule has 0 spiro atoms. The minimum atomic E-state index is -3.51. The van der Waals surface area contributed by atoms with E-state index in [9.17, 15) is 8.42 Å². The predicted molar refractivity (Wildman–Crippen MR) is 78.9 cm³/mol. The number of aromatic nitrogens is 1. The zero-order chi connectivity index (χ0) is 14.4. The molecule has 1 aromatic carbocycles. The zero-order valence-electron chi connectivity index (χ0n) is 11.2. The summed E-state index contributed by atoms with van der Waals surface area (Å²) in [5, 5.41) is 3.12. The van der Waals surface area contributed by atoms with Crippen LogP contribution in [0.2, 0.25) is 0 Å². The van der Waals surface area contributed by atoms with Crippen molar-refractivity contribution in [2.45, 2.75) is 18.4 Å². The van der Waals surface area contributed by atoms with Crippen LogP contribution in [0, 0.1) is 0 Å². The average molecular weight is 291 g/mol. The second kappa shape index (κ2) is 6.49. The van der Waals surface area contributed by atoms with Crippen LogP contribution in [0.1, 0.15) is 12.6 Å². The van der Waals surface area contributed by atoms with E-state index in [4.69, 9.17) is 0 Å². The number of nitrogens with one attached hydrogen (secondary N) is 2. The quantitative estimate of drug-likeness (QED) is 0.854. The lowest BCUT2D eigenvalue weighted by Crippen LogP contribution is -2.23. The molecule has 1 heterocycles. The average Bonchev–Trinajstić information content (AvgIpc) is 2.47. The molecule has 2 aromatic rings. The van der Waals surface area contributed by atoms with E-state index in [1.807, 2.05) is 13.0 Å². The lowest BCUT2D eigenvalue weighted by molar-refractivity contribution is 0.580. The van der Waals surface area contributed by atoms with E-state index in [-0.39, 0.29) is 11.4 Å². The second-order valence-corrected chi connectivity index (χ2v) is 5.97. The van der Waals surface area contributed by atoms with Gasteiger partial charge in [0.1, 0.15) is 0 Å². The van der Waals surface area contributed by atoms with Crippen molar-refractivity contribution >= 4 is 15.7 Å². The summed E-state index contributed by atoms with van der Waals surface area (Å²) in [5.74, 6) is 0. The van der Waals surface area contributed by atoms with E-state index in [1.165, 1.54) is 0 Å². The molecular formula is C14H17N3O2S. The van der Waals surface area contributed by atoms with E-state index in [2.05, 4.69) is 15.0 Å². The largest absolute Gasteiger partial charge is 0.385 e. The molecule has 6 heteroatoms. The third-order valence-corrected chi connectivity index (χ3v) is 4.13. The Morgan fingerprint density at radius 2 is 1.85 bits per heavy atom. The molecule has 0 saturated carbocycles. The number of nitrogens with zero attached hydrogens (tertiary/aromatic N) is 1. The van der Waals surface area contributed by atoms with E-state index in [0.29, 0.717) is 5.69 Å². The molecule has 0 unspecified atom stereocenters. The first-order valence-electron chi connectivity index (χ1n) is 6.35. The third kappa shape index (κ3) is 3.79. The van der Waals surface area contributed by atoms with Gasteiger partial charge in [-0.2, -0.15) is 0 Å². The molecule has 0 aliphatic rings. The fourth-order valence-corrected chi connectivity index (χ4v) is 2.71. The standard InChI is InChI=1S/C14H17N3O2S/c1-2-15-12-6-8-14(9-7-12)20(18,19)17-11-13-5-3-4-10-16-13/h3-10,15,17H,2,11H2,1H3. The van der Waals surface area contributed by atoms with Gasteiger partial charge < -0.3 is 5.32 Å². The molecule has 0 radical (unpaired) electrons. The van der Waals surface area contributed by atoms with Crippen molar-refractivity contribution in [3.63, 3.8) is 0 Å². The van der Waals surface area contributed by atoms with Crippen LogP contribution >= 0.6 is 0 Å². The van der Waals surface area contributed by atoms with Crippen LogP contribution in [0.4, 0.5) is 5.69 Å². The SMILES string of the molecule is CCNc1ccc(S(=O)(=O)NCc2ccccn2)cc1. The molecular weight excluding hydrogens is 274 g/mol. The number of sulfonamides is 1. The van der Waals surface area contributed by atoms with Gasteiger partial charge in [0.05, 0.1) is 17.1 Å². The number of hydrogen-bond acceptors (Lipinski definition) is 4. The summed E-state index contributed by atoms with van der Waals surface area (Å²) in [5.41, 5.74) is 1.58. The second-order valence-electron chi connectivity index (χ2n) is 4.20. The van der Waals surface area contributed by atoms with Crippen molar-refractivity contribution in [3.05, 3.63) is 54.4 Å². The molecule has 20 heavy (non-hydrogen) atoms. The van der Waals surface area contributed by atoms with Gasteiger partial charge in [-0.3, -0.25) is 4.98 Å². The van der Waals surface area contributed by atoms with Crippen molar-refractivity contribution in [2.75, 3.05) is 11.9 Å². The van der Waals surface area contributed by atoms with Crippen LogP contribution < -0.4 is 10.0 Å². The maximum atomic E-state index is 12.1. The minimum absolute atomic E-state index is 0.179. The Balaban J connectivity index is 2.06. The molecule has 0 atom stereocenters. The molecule has 0 aliphatic carbocycles. The maximum absolute atomic E-state index is 12.1.